The van der Waals surface area contributed by atoms with Crippen LogP contribution in [0.1, 0.15) is 17.5 Å². The highest BCUT2D eigenvalue weighted by Gasteiger charge is 2.65. The third kappa shape index (κ3) is 2.62. The lowest BCUT2D eigenvalue weighted by Crippen LogP contribution is -2.35. The van der Waals surface area contributed by atoms with Crippen molar-refractivity contribution in [3.8, 4) is 0 Å². The van der Waals surface area contributed by atoms with Crippen LogP contribution in [0.5, 0.6) is 0 Å². The number of carbonyl (C=O) groups is 2. The summed E-state index contributed by atoms with van der Waals surface area (Å²) in [5.74, 6) is -2.68. The SMILES string of the molecule is O=C(O)C1CC1(Cl)C(=O)NCc1ccc(C2(C(F)(F)F)N=N2)cc1. The quantitative estimate of drug-likeness (QED) is 0.790. The van der Waals surface area contributed by atoms with Crippen LogP contribution < -0.4 is 5.32 Å². The molecule has 0 spiro atoms. The first-order chi connectivity index (χ1) is 11.1. The molecule has 10 heteroatoms. The van der Waals surface area contributed by atoms with Crippen LogP contribution in [0.4, 0.5) is 13.2 Å². The lowest BCUT2D eigenvalue weighted by atomic mass is 10.0. The van der Waals surface area contributed by atoms with Gasteiger partial charge in [0, 0.05) is 12.1 Å². The molecular weight excluding hydrogens is 351 g/mol. The molecule has 3 rings (SSSR count). The molecule has 1 heterocycles. The number of alkyl halides is 4. The number of rotatable bonds is 5. The summed E-state index contributed by atoms with van der Waals surface area (Å²) in [6.45, 7) is 0.0211. The van der Waals surface area contributed by atoms with Crippen molar-refractivity contribution in [2.24, 2.45) is 16.1 Å². The summed E-state index contributed by atoms with van der Waals surface area (Å²) in [4.78, 5) is 21.3. The predicted molar refractivity (Wildman–Crippen MR) is 75.2 cm³/mol. The zero-order valence-corrected chi connectivity index (χ0v) is 12.7. The second kappa shape index (κ2) is 5.17. The molecule has 2 N–H and O–H groups in total. The van der Waals surface area contributed by atoms with Crippen molar-refractivity contribution in [2.75, 3.05) is 0 Å². The van der Waals surface area contributed by atoms with Crippen molar-refractivity contribution in [1.82, 2.24) is 5.32 Å². The molecule has 0 saturated heterocycles. The van der Waals surface area contributed by atoms with Crippen LogP contribution in [0, 0.1) is 5.92 Å². The van der Waals surface area contributed by atoms with Crippen LogP contribution in [-0.4, -0.2) is 28.0 Å². The fraction of sp³-hybridized carbons (Fsp3) is 0.429. The Bertz CT molecular complexity index is 729. The molecule has 1 fully saturated rings. The molecule has 1 aliphatic heterocycles. The van der Waals surface area contributed by atoms with Crippen molar-refractivity contribution in [3.63, 3.8) is 0 Å². The number of carboxylic acid groups (broad SMARTS) is 1. The molecule has 1 aromatic rings. The van der Waals surface area contributed by atoms with E-state index < -0.39 is 34.5 Å². The van der Waals surface area contributed by atoms with E-state index in [1.54, 1.807) is 0 Å². The number of amides is 1. The summed E-state index contributed by atoms with van der Waals surface area (Å²) in [6, 6.07) is 5.30. The summed E-state index contributed by atoms with van der Waals surface area (Å²) in [6.07, 6.45) is -4.54. The number of carbonyl (C=O) groups excluding carboxylic acids is 1. The Morgan fingerprint density at radius 3 is 2.29 bits per heavy atom. The molecule has 0 radical (unpaired) electrons. The summed E-state index contributed by atoms with van der Waals surface area (Å²) >= 11 is 5.92. The topological polar surface area (TPSA) is 91.1 Å². The fourth-order valence-electron chi connectivity index (χ4n) is 2.40. The number of nitrogens with one attached hydrogen (secondary N) is 1. The van der Waals surface area contributed by atoms with Crippen molar-refractivity contribution in [3.05, 3.63) is 35.4 Å². The zero-order valence-electron chi connectivity index (χ0n) is 12.0. The van der Waals surface area contributed by atoms with Gasteiger partial charge in [-0.15, -0.1) is 21.8 Å². The van der Waals surface area contributed by atoms with E-state index in [0.717, 1.165) is 0 Å². The lowest BCUT2D eigenvalue weighted by Gasteiger charge is -2.15. The van der Waals surface area contributed by atoms with Gasteiger partial charge in [0.2, 0.25) is 5.91 Å². The molecule has 1 aliphatic carbocycles. The molecular formula is C14H11ClF3N3O3. The molecule has 1 saturated carbocycles. The highest BCUT2D eigenvalue weighted by molar-refractivity contribution is 6.39. The molecule has 2 unspecified atom stereocenters. The van der Waals surface area contributed by atoms with E-state index in [1.807, 2.05) is 0 Å². The lowest BCUT2D eigenvalue weighted by molar-refractivity contribution is -0.166. The van der Waals surface area contributed by atoms with Crippen LogP contribution in [-0.2, 0) is 21.8 Å². The molecule has 6 nitrogen and oxygen atoms in total. The number of benzene rings is 1. The van der Waals surface area contributed by atoms with Crippen molar-refractivity contribution < 1.29 is 27.9 Å². The fourth-order valence-corrected chi connectivity index (χ4v) is 2.71. The molecule has 0 aromatic heterocycles. The number of aliphatic carboxylic acids is 1. The van der Waals surface area contributed by atoms with E-state index >= 15 is 0 Å². The van der Waals surface area contributed by atoms with Gasteiger partial charge < -0.3 is 10.4 Å². The molecule has 1 aromatic carbocycles. The van der Waals surface area contributed by atoms with Crippen LogP contribution in [0.25, 0.3) is 0 Å². The summed E-state index contributed by atoms with van der Waals surface area (Å²) in [5, 5.41) is 17.5. The molecule has 2 atom stereocenters. The molecule has 24 heavy (non-hydrogen) atoms. The number of hydrogen-bond donors (Lipinski definition) is 2. The maximum absolute atomic E-state index is 12.9. The minimum absolute atomic E-state index is 0.0211. The number of nitrogens with zero attached hydrogens (tertiary/aromatic N) is 2. The highest BCUT2D eigenvalue weighted by atomic mass is 35.5. The van der Waals surface area contributed by atoms with Gasteiger partial charge in [0.1, 0.15) is 4.87 Å². The first kappa shape index (κ1) is 16.7. The molecule has 128 valence electrons. The van der Waals surface area contributed by atoms with Gasteiger partial charge in [-0.3, -0.25) is 9.59 Å². The number of carboxylic acids is 1. The van der Waals surface area contributed by atoms with Gasteiger partial charge in [-0.2, -0.15) is 13.2 Å². The van der Waals surface area contributed by atoms with Crippen LogP contribution >= 0.6 is 11.6 Å². The third-order valence-electron chi connectivity index (χ3n) is 4.07. The van der Waals surface area contributed by atoms with E-state index in [-0.39, 0.29) is 18.5 Å². The molecule has 0 bridgehead atoms. The van der Waals surface area contributed by atoms with Gasteiger partial charge in [0.05, 0.1) is 5.92 Å². The largest absolute Gasteiger partial charge is 0.481 e. The van der Waals surface area contributed by atoms with Gasteiger partial charge >= 0.3 is 17.8 Å². The first-order valence-corrected chi connectivity index (χ1v) is 7.28. The van der Waals surface area contributed by atoms with Crippen molar-refractivity contribution in [1.29, 1.82) is 0 Å². The Labute approximate surface area is 138 Å². The Hall–Kier alpha value is -2.16. The van der Waals surface area contributed by atoms with Crippen molar-refractivity contribution >= 4 is 23.5 Å². The second-order valence-corrected chi connectivity index (χ2v) is 6.38. The smallest absolute Gasteiger partial charge is 0.442 e. The zero-order chi connectivity index (χ0) is 17.8. The maximum atomic E-state index is 12.9. The third-order valence-corrected chi connectivity index (χ3v) is 4.66. The van der Waals surface area contributed by atoms with Gasteiger partial charge in [-0.1, -0.05) is 24.3 Å². The number of hydrogen-bond acceptors (Lipinski definition) is 4. The predicted octanol–water partition coefficient (Wildman–Crippen LogP) is 2.57. The summed E-state index contributed by atoms with van der Waals surface area (Å²) in [7, 11) is 0. The second-order valence-electron chi connectivity index (χ2n) is 5.71. The Morgan fingerprint density at radius 2 is 1.88 bits per heavy atom. The van der Waals surface area contributed by atoms with Gasteiger partial charge in [-0.05, 0) is 12.0 Å². The van der Waals surface area contributed by atoms with E-state index in [0.29, 0.717) is 5.56 Å². The Morgan fingerprint density at radius 1 is 1.29 bits per heavy atom. The van der Waals surface area contributed by atoms with E-state index in [9.17, 15) is 22.8 Å². The minimum Gasteiger partial charge on any atom is -0.481 e. The monoisotopic (exact) mass is 361 g/mol. The number of halogens is 4. The van der Waals surface area contributed by atoms with Gasteiger partial charge in [0.25, 0.3) is 0 Å². The average Bonchev–Trinajstić information content (AvgIpc) is 3.39. The first-order valence-electron chi connectivity index (χ1n) is 6.90. The summed E-state index contributed by atoms with van der Waals surface area (Å²) < 4.78 is 38.6. The Balaban J connectivity index is 1.60. The average molecular weight is 362 g/mol. The van der Waals surface area contributed by atoms with Gasteiger partial charge in [0.15, 0.2) is 0 Å². The van der Waals surface area contributed by atoms with Crippen molar-refractivity contribution in [2.45, 2.75) is 29.7 Å². The van der Waals surface area contributed by atoms with Crippen LogP contribution in [0.3, 0.4) is 0 Å². The minimum atomic E-state index is -4.59. The van der Waals surface area contributed by atoms with Crippen LogP contribution in [0.15, 0.2) is 34.5 Å². The summed E-state index contributed by atoms with van der Waals surface area (Å²) in [5.41, 5.74) is -2.04. The van der Waals surface area contributed by atoms with Gasteiger partial charge in [-0.25, -0.2) is 0 Å². The molecule has 1 amide bonds. The normalized spacial score (nSPS) is 26.8. The van der Waals surface area contributed by atoms with E-state index in [4.69, 9.17) is 16.7 Å². The molecule has 2 aliphatic rings. The standard InChI is InChI=1S/C14H11ClF3N3O3/c15-12(5-9(12)10(22)23)11(24)19-6-7-1-3-8(4-2-7)13(20-21-13)14(16,17)18/h1-4,9H,5-6H2,(H,19,24)(H,22,23). The van der Waals surface area contributed by atoms with E-state index in [2.05, 4.69) is 15.5 Å². The van der Waals surface area contributed by atoms with E-state index in [1.165, 1.54) is 24.3 Å². The highest BCUT2D eigenvalue weighted by Crippen LogP contribution is 2.52. The Kier molecular flexibility index (Phi) is 3.59. The maximum Gasteiger partial charge on any atom is 0.442 e. The van der Waals surface area contributed by atoms with Crippen LogP contribution in [0.2, 0.25) is 0 Å².